The summed E-state index contributed by atoms with van der Waals surface area (Å²) in [5.41, 5.74) is 5.29. The van der Waals surface area contributed by atoms with Crippen LogP contribution in [0.3, 0.4) is 0 Å². The minimum atomic E-state index is 0.0918. The van der Waals surface area contributed by atoms with Gasteiger partial charge >= 0.3 is 0 Å². The molecule has 1 aromatic heterocycles. The molecule has 2 heterocycles. The number of fused-ring (bicyclic) bond motifs is 1. The van der Waals surface area contributed by atoms with Crippen LogP contribution in [0.1, 0.15) is 52.6 Å². The van der Waals surface area contributed by atoms with Crippen LogP contribution in [-0.2, 0) is 12.8 Å². The highest BCUT2D eigenvalue weighted by molar-refractivity contribution is 5.94. The minimum Gasteiger partial charge on any atom is -0.330 e. The van der Waals surface area contributed by atoms with Gasteiger partial charge in [-0.15, -0.1) is 0 Å². The van der Waals surface area contributed by atoms with E-state index in [4.69, 9.17) is 5.10 Å². The molecular weight excluding hydrogens is 334 g/mol. The second-order valence-electron chi connectivity index (χ2n) is 7.44. The maximum absolute atomic E-state index is 13.5. The van der Waals surface area contributed by atoms with Crippen molar-refractivity contribution in [1.29, 1.82) is 0 Å². The van der Waals surface area contributed by atoms with Crippen LogP contribution in [0.2, 0.25) is 0 Å². The van der Waals surface area contributed by atoms with E-state index in [-0.39, 0.29) is 11.9 Å². The Balaban J connectivity index is 1.52. The molecule has 0 bridgehead atoms. The maximum Gasteiger partial charge on any atom is 0.275 e. The third-order valence-electron chi connectivity index (χ3n) is 5.83. The zero-order valence-electron chi connectivity index (χ0n) is 15.3. The molecule has 2 aliphatic rings. The average Bonchev–Trinajstić information content (AvgIpc) is 3.45. The summed E-state index contributed by atoms with van der Waals surface area (Å²) in [6.45, 7) is 0.811. The normalized spacial score (nSPS) is 18.7. The molecule has 4 heteroatoms. The fraction of sp³-hybridized carbons (Fsp3) is 0.304. The van der Waals surface area contributed by atoms with Crippen molar-refractivity contribution in [3.05, 3.63) is 83.2 Å². The average molecular weight is 357 g/mol. The highest BCUT2D eigenvalue weighted by atomic mass is 16.2. The standard InChI is InChI=1S/C23H23N3O/c27-23(25-16-8-15-20(25)17-9-3-1-4-10-17)22-19-13-7-14-21(19)26(24-22)18-11-5-2-6-12-18/h1-6,9-12,20H,7-8,13-16H2. The Bertz CT molecular complexity index is 962. The van der Waals surface area contributed by atoms with Crippen LogP contribution in [0.15, 0.2) is 60.7 Å². The Kier molecular flexibility index (Phi) is 4.04. The first-order valence-corrected chi connectivity index (χ1v) is 9.85. The van der Waals surface area contributed by atoms with Crippen LogP contribution < -0.4 is 0 Å². The third kappa shape index (κ3) is 2.76. The summed E-state index contributed by atoms with van der Waals surface area (Å²) in [6.07, 6.45) is 5.12. The van der Waals surface area contributed by atoms with E-state index in [0.717, 1.165) is 49.9 Å². The first-order valence-electron chi connectivity index (χ1n) is 9.85. The molecule has 0 radical (unpaired) electrons. The molecule has 0 spiro atoms. The summed E-state index contributed by atoms with van der Waals surface area (Å²) in [7, 11) is 0. The number of para-hydroxylation sites is 1. The molecule has 0 N–H and O–H groups in total. The number of carbonyl (C=O) groups excluding carboxylic acids is 1. The topological polar surface area (TPSA) is 38.1 Å². The van der Waals surface area contributed by atoms with Gasteiger partial charge in [0.2, 0.25) is 0 Å². The molecular formula is C23H23N3O. The lowest BCUT2D eigenvalue weighted by Crippen LogP contribution is -2.31. The van der Waals surface area contributed by atoms with Crippen molar-refractivity contribution in [2.45, 2.75) is 38.1 Å². The summed E-state index contributed by atoms with van der Waals surface area (Å²) in [5.74, 6) is 0.0918. The van der Waals surface area contributed by atoms with Crippen molar-refractivity contribution in [1.82, 2.24) is 14.7 Å². The molecule has 136 valence electrons. The summed E-state index contributed by atoms with van der Waals surface area (Å²) in [6, 6.07) is 20.7. The van der Waals surface area contributed by atoms with E-state index in [9.17, 15) is 4.79 Å². The minimum absolute atomic E-state index is 0.0918. The Morgan fingerprint density at radius 2 is 1.67 bits per heavy atom. The fourth-order valence-corrected chi connectivity index (χ4v) is 4.56. The van der Waals surface area contributed by atoms with Gasteiger partial charge in [0.05, 0.1) is 11.7 Å². The monoisotopic (exact) mass is 357 g/mol. The number of hydrogen-bond acceptors (Lipinski definition) is 2. The van der Waals surface area contributed by atoms with Crippen LogP contribution >= 0.6 is 0 Å². The molecule has 1 saturated heterocycles. The van der Waals surface area contributed by atoms with Crippen LogP contribution in [-0.4, -0.2) is 27.1 Å². The molecule has 0 saturated carbocycles. The lowest BCUT2D eigenvalue weighted by Gasteiger charge is -2.24. The smallest absolute Gasteiger partial charge is 0.275 e. The number of benzene rings is 2. The van der Waals surface area contributed by atoms with Gasteiger partial charge in [-0.3, -0.25) is 4.79 Å². The Morgan fingerprint density at radius 3 is 2.44 bits per heavy atom. The van der Waals surface area contributed by atoms with Crippen molar-refractivity contribution in [2.24, 2.45) is 0 Å². The van der Waals surface area contributed by atoms with E-state index >= 15 is 0 Å². The second kappa shape index (κ2) is 6.69. The van der Waals surface area contributed by atoms with Crippen LogP contribution in [0.4, 0.5) is 0 Å². The van der Waals surface area contributed by atoms with Crippen molar-refractivity contribution < 1.29 is 4.79 Å². The lowest BCUT2D eigenvalue weighted by molar-refractivity contribution is 0.0728. The number of likely N-dealkylation sites (tertiary alicyclic amines) is 1. The van der Waals surface area contributed by atoms with Crippen molar-refractivity contribution >= 4 is 5.91 Å². The molecule has 4 nitrogen and oxygen atoms in total. The number of nitrogens with zero attached hydrogens (tertiary/aromatic N) is 3. The van der Waals surface area contributed by atoms with Crippen molar-refractivity contribution in [2.75, 3.05) is 6.54 Å². The molecule has 27 heavy (non-hydrogen) atoms. The van der Waals surface area contributed by atoms with Gasteiger partial charge in [0, 0.05) is 17.8 Å². The fourth-order valence-electron chi connectivity index (χ4n) is 4.56. The predicted molar refractivity (Wildman–Crippen MR) is 105 cm³/mol. The Labute approximate surface area is 159 Å². The van der Waals surface area contributed by atoms with Gasteiger partial charge in [0.15, 0.2) is 5.69 Å². The number of aromatic nitrogens is 2. The SMILES string of the molecule is O=C(c1nn(-c2ccccc2)c2c1CCC2)N1CCCC1c1ccccc1. The van der Waals surface area contributed by atoms with E-state index in [0.29, 0.717) is 5.69 Å². The molecule has 1 aliphatic heterocycles. The van der Waals surface area contributed by atoms with E-state index < -0.39 is 0 Å². The first kappa shape index (κ1) is 16.3. The molecule has 1 fully saturated rings. The molecule has 3 aromatic rings. The number of amides is 1. The highest BCUT2D eigenvalue weighted by Crippen LogP contribution is 2.35. The molecule has 1 atom stereocenters. The van der Waals surface area contributed by atoms with Gasteiger partial charge < -0.3 is 4.90 Å². The van der Waals surface area contributed by atoms with E-state index in [1.165, 1.54) is 11.3 Å². The maximum atomic E-state index is 13.5. The van der Waals surface area contributed by atoms with Gasteiger partial charge in [-0.25, -0.2) is 4.68 Å². The van der Waals surface area contributed by atoms with Crippen LogP contribution in [0, 0.1) is 0 Å². The van der Waals surface area contributed by atoms with Crippen molar-refractivity contribution in [3.63, 3.8) is 0 Å². The molecule has 1 unspecified atom stereocenters. The quantitative estimate of drug-likeness (QED) is 0.699. The molecule has 5 rings (SSSR count). The van der Waals surface area contributed by atoms with Gasteiger partial charge in [0.1, 0.15) is 0 Å². The summed E-state index contributed by atoms with van der Waals surface area (Å²) < 4.78 is 1.99. The Hall–Kier alpha value is -2.88. The second-order valence-corrected chi connectivity index (χ2v) is 7.44. The van der Waals surface area contributed by atoms with Gasteiger partial charge in [-0.05, 0) is 49.8 Å². The van der Waals surface area contributed by atoms with Gasteiger partial charge in [-0.2, -0.15) is 5.10 Å². The predicted octanol–water partition coefficient (Wildman–Crippen LogP) is 4.34. The van der Waals surface area contributed by atoms with Crippen molar-refractivity contribution in [3.8, 4) is 5.69 Å². The zero-order valence-corrected chi connectivity index (χ0v) is 15.3. The number of hydrogen-bond donors (Lipinski definition) is 0. The van der Waals surface area contributed by atoms with Gasteiger partial charge in [0.25, 0.3) is 5.91 Å². The molecule has 2 aromatic carbocycles. The number of rotatable bonds is 3. The molecule has 1 aliphatic carbocycles. The van der Waals surface area contributed by atoms with Crippen LogP contribution in [0.5, 0.6) is 0 Å². The van der Waals surface area contributed by atoms with Crippen LogP contribution in [0.25, 0.3) is 5.69 Å². The lowest BCUT2D eigenvalue weighted by atomic mass is 10.0. The summed E-state index contributed by atoms with van der Waals surface area (Å²) >= 11 is 0. The van der Waals surface area contributed by atoms with E-state index in [1.807, 2.05) is 33.8 Å². The highest BCUT2D eigenvalue weighted by Gasteiger charge is 2.35. The van der Waals surface area contributed by atoms with E-state index in [2.05, 4.69) is 36.4 Å². The Morgan fingerprint density at radius 1 is 0.926 bits per heavy atom. The number of carbonyl (C=O) groups is 1. The third-order valence-corrected chi connectivity index (χ3v) is 5.83. The first-order chi connectivity index (χ1) is 13.3. The largest absolute Gasteiger partial charge is 0.330 e. The van der Waals surface area contributed by atoms with Gasteiger partial charge in [-0.1, -0.05) is 48.5 Å². The van der Waals surface area contributed by atoms with E-state index in [1.54, 1.807) is 0 Å². The summed E-state index contributed by atoms with van der Waals surface area (Å²) in [5, 5.41) is 4.80. The summed E-state index contributed by atoms with van der Waals surface area (Å²) in [4.78, 5) is 15.5. The zero-order chi connectivity index (χ0) is 18.2. The molecule has 1 amide bonds.